The van der Waals surface area contributed by atoms with Crippen molar-refractivity contribution < 1.29 is 5.11 Å². The molecule has 0 aliphatic rings. The van der Waals surface area contributed by atoms with Crippen LogP contribution in [0.4, 0.5) is 10.9 Å². The maximum atomic E-state index is 9.08. The number of nitrogens with zero attached hydrogens (tertiary/aromatic N) is 2. The molecule has 5 heteroatoms. The van der Waals surface area contributed by atoms with Crippen LogP contribution in [-0.4, -0.2) is 15.1 Å². The van der Waals surface area contributed by atoms with Gasteiger partial charge in [-0.15, -0.1) is 0 Å². The van der Waals surface area contributed by atoms with Gasteiger partial charge in [-0.3, -0.25) is 0 Å². The van der Waals surface area contributed by atoms with Crippen LogP contribution in [0.5, 0.6) is 0 Å². The predicted molar refractivity (Wildman–Crippen MR) is 81.0 cm³/mol. The zero-order valence-corrected chi connectivity index (χ0v) is 11.5. The molecule has 2 N–H and O–H groups in total. The van der Waals surface area contributed by atoms with E-state index in [4.69, 9.17) is 5.11 Å². The van der Waals surface area contributed by atoms with Crippen molar-refractivity contribution in [2.45, 2.75) is 6.61 Å². The summed E-state index contributed by atoms with van der Waals surface area (Å²) in [4.78, 5) is 9.73. The first kappa shape index (κ1) is 12.8. The van der Waals surface area contributed by atoms with Crippen molar-refractivity contribution >= 4 is 22.3 Å². The number of aliphatic hydroxyl groups excluding tert-OH is 1. The highest BCUT2D eigenvalue weighted by atomic mass is 32.1. The number of anilines is 2. The molecule has 0 saturated heterocycles. The fraction of sp³-hybridized carbons (Fsp3) is 0.0667. The van der Waals surface area contributed by atoms with Crippen LogP contribution in [0.25, 0.3) is 10.4 Å². The number of hydrogen-bond acceptors (Lipinski definition) is 5. The molecule has 2 heterocycles. The topological polar surface area (TPSA) is 58.0 Å². The molecule has 0 fully saturated rings. The summed E-state index contributed by atoms with van der Waals surface area (Å²) < 4.78 is 0. The molecule has 0 bridgehead atoms. The molecule has 100 valence electrons. The lowest BCUT2D eigenvalue weighted by molar-refractivity contribution is 0.277. The second-order valence-electron chi connectivity index (χ2n) is 4.19. The third-order valence-corrected chi connectivity index (χ3v) is 3.73. The molecule has 0 amide bonds. The SMILES string of the molecule is OCc1cccc(Nc2ncc(-c3ccccc3)s2)n1. The van der Waals surface area contributed by atoms with E-state index in [1.165, 1.54) is 0 Å². The average molecular weight is 283 g/mol. The van der Waals surface area contributed by atoms with E-state index < -0.39 is 0 Å². The van der Waals surface area contributed by atoms with Crippen molar-refractivity contribution in [2.24, 2.45) is 0 Å². The minimum atomic E-state index is -0.0668. The van der Waals surface area contributed by atoms with Gasteiger partial charge < -0.3 is 10.4 Å². The van der Waals surface area contributed by atoms with E-state index in [1.807, 2.05) is 36.5 Å². The van der Waals surface area contributed by atoms with Crippen molar-refractivity contribution in [3.05, 3.63) is 60.4 Å². The van der Waals surface area contributed by atoms with Gasteiger partial charge >= 0.3 is 0 Å². The first-order valence-corrected chi connectivity index (χ1v) is 7.02. The first-order chi connectivity index (χ1) is 9.85. The summed E-state index contributed by atoms with van der Waals surface area (Å²) in [5, 5.41) is 13.0. The molecule has 3 rings (SSSR count). The number of aromatic nitrogens is 2. The standard InChI is InChI=1S/C15H13N3OS/c19-10-12-7-4-8-14(17-12)18-15-16-9-13(20-15)11-5-2-1-3-6-11/h1-9,19H,10H2,(H,16,17,18). The Labute approximate surface area is 120 Å². The zero-order chi connectivity index (χ0) is 13.8. The number of nitrogens with one attached hydrogen (secondary N) is 1. The van der Waals surface area contributed by atoms with Crippen LogP contribution in [0.1, 0.15) is 5.69 Å². The van der Waals surface area contributed by atoms with Gasteiger partial charge in [0, 0.05) is 6.20 Å². The van der Waals surface area contributed by atoms with Crippen LogP contribution in [0.2, 0.25) is 0 Å². The Morgan fingerprint density at radius 1 is 1.05 bits per heavy atom. The quantitative estimate of drug-likeness (QED) is 0.770. The van der Waals surface area contributed by atoms with Crippen LogP contribution in [0.15, 0.2) is 54.7 Å². The fourth-order valence-electron chi connectivity index (χ4n) is 1.81. The van der Waals surface area contributed by atoms with Gasteiger partial charge in [-0.2, -0.15) is 0 Å². The molecule has 20 heavy (non-hydrogen) atoms. The Bertz CT molecular complexity index is 697. The van der Waals surface area contributed by atoms with Gasteiger partial charge in [0.25, 0.3) is 0 Å². The summed E-state index contributed by atoms with van der Waals surface area (Å²) in [6.07, 6.45) is 1.85. The minimum Gasteiger partial charge on any atom is -0.390 e. The summed E-state index contributed by atoms with van der Waals surface area (Å²) in [7, 11) is 0. The van der Waals surface area contributed by atoms with Gasteiger partial charge in [0.1, 0.15) is 5.82 Å². The fourth-order valence-corrected chi connectivity index (χ4v) is 2.64. The summed E-state index contributed by atoms with van der Waals surface area (Å²) in [6, 6.07) is 15.6. The molecule has 2 aromatic heterocycles. The van der Waals surface area contributed by atoms with E-state index >= 15 is 0 Å². The Morgan fingerprint density at radius 3 is 2.70 bits per heavy atom. The average Bonchev–Trinajstić information content (AvgIpc) is 2.97. The van der Waals surface area contributed by atoms with E-state index in [2.05, 4.69) is 27.4 Å². The molecule has 0 unspecified atom stereocenters. The summed E-state index contributed by atoms with van der Waals surface area (Å²) >= 11 is 1.57. The number of hydrogen-bond donors (Lipinski definition) is 2. The Hall–Kier alpha value is -2.24. The van der Waals surface area contributed by atoms with E-state index in [9.17, 15) is 0 Å². The van der Waals surface area contributed by atoms with Crippen molar-refractivity contribution in [3.63, 3.8) is 0 Å². The van der Waals surface area contributed by atoms with E-state index in [-0.39, 0.29) is 6.61 Å². The van der Waals surface area contributed by atoms with Crippen molar-refractivity contribution in [2.75, 3.05) is 5.32 Å². The second-order valence-corrected chi connectivity index (χ2v) is 5.22. The highest BCUT2D eigenvalue weighted by Crippen LogP contribution is 2.29. The Kier molecular flexibility index (Phi) is 3.71. The van der Waals surface area contributed by atoms with E-state index in [0.717, 1.165) is 15.6 Å². The molecule has 0 aliphatic carbocycles. The zero-order valence-electron chi connectivity index (χ0n) is 10.7. The molecular formula is C15H13N3OS. The third kappa shape index (κ3) is 2.84. The van der Waals surface area contributed by atoms with Crippen LogP contribution in [0.3, 0.4) is 0 Å². The minimum absolute atomic E-state index is 0.0668. The molecule has 0 saturated carbocycles. The molecule has 0 aliphatic heterocycles. The number of aliphatic hydroxyl groups is 1. The number of rotatable bonds is 4. The largest absolute Gasteiger partial charge is 0.390 e. The summed E-state index contributed by atoms with van der Waals surface area (Å²) in [5.74, 6) is 0.686. The van der Waals surface area contributed by atoms with Crippen LogP contribution < -0.4 is 5.32 Å². The van der Waals surface area contributed by atoms with Crippen LogP contribution in [-0.2, 0) is 6.61 Å². The van der Waals surface area contributed by atoms with Gasteiger partial charge in [0.15, 0.2) is 5.13 Å². The van der Waals surface area contributed by atoms with Crippen molar-refractivity contribution in [1.29, 1.82) is 0 Å². The maximum Gasteiger partial charge on any atom is 0.188 e. The molecule has 3 aromatic rings. The highest BCUT2D eigenvalue weighted by molar-refractivity contribution is 7.18. The Balaban J connectivity index is 1.80. The smallest absolute Gasteiger partial charge is 0.188 e. The highest BCUT2D eigenvalue weighted by Gasteiger charge is 2.05. The van der Waals surface area contributed by atoms with Gasteiger partial charge in [-0.1, -0.05) is 47.7 Å². The summed E-state index contributed by atoms with van der Waals surface area (Å²) in [6.45, 7) is -0.0668. The number of pyridine rings is 1. The third-order valence-electron chi connectivity index (χ3n) is 2.77. The second kappa shape index (κ2) is 5.81. The molecule has 0 radical (unpaired) electrons. The van der Waals surface area contributed by atoms with E-state index in [1.54, 1.807) is 17.4 Å². The van der Waals surface area contributed by atoms with Crippen molar-refractivity contribution in [1.82, 2.24) is 9.97 Å². The molecule has 1 aromatic carbocycles. The molecular weight excluding hydrogens is 270 g/mol. The van der Waals surface area contributed by atoms with Crippen LogP contribution in [0, 0.1) is 0 Å². The first-order valence-electron chi connectivity index (χ1n) is 6.20. The van der Waals surface area contributed by atoms with Crippen LogP contribution >= 0.6 is 11.3 Å². The normalized spacial score (nSPS) is 10.4. The van der Waals surface area contributed by atoms with E-state index in [0.29, 0.717) is 11.5 Å². The lowest BCUT2D eigenvalue weighted by Gasteiger charge is -2.02. The number of thiazole rings is 1. The number of benzene rings is 1. The van der Waals surface area contributed by atoms with Gasteiger partial charge in [-0.25, -0.2) is 9.97 Å². The lowest BCUT2D eigenvalue weighted by atomic mass is 10.2. The maximum absolute atomic E-state index is 9.08. The molecule has 0 spiro atoms. The van der Waals surface area contributed by atoms with Gasteiger partial charge in [-0.05, 0) is 17.7 Å². The Morgan fingerprint density at radius 2 is 1.90 bits per heavy atom. The van der Waals surface area contributed by atoms with Gasteiger partial charge in [0.2, 0.25) is 0 Å². The lowest BCUT2D eigenvalue weighted by Crippen LogP contribution is -1.95. The van der Waals surface area contributed by atoms with Crippen molar-refractivity contribution in [3.8, 4) is 10.4 Å². The molecule has 4 nitrogen and oxygen atoms in total. The monoisotopic (exact) mass is 283 g/mol. The summed E-state index contributed by atoms with van der Waals surface area (Å²) in [5.41, 5.74) is 1.78. The van der Waals surface area contributed by atoms with Gasteiger partial charge in [0.05, 0.1) is 17.2 Å². The predicted octanol–water partition coefficient (Wildman–Crippen LogP) is 3.44. The molecule has 0 atom stereocenters.